The van der Waals surface area contributed by atoms with E-state index in [0.29, 0.717) is 17.6 Å². The van der Waals surface area contributed by atoms with Gasteiger partial charge >= 0.3 is 0 Å². The number of pyridine rings is 1. The second-order valence-corrected chi connectivity index (χ2v) is 6.68. The highest BCUT2D eigenvalue weighted by molar-refractivity contribution is 6.06. The van der Waals surface area contributed by atoms with Gasteiger partial charge in [0.25, 0.3) is 5.91 Å². The third kappa shape index (κ3) is 3.47. The van der Waals surface area contributed by atoms with Crippen LogP contribution in [0.4, 0.5) is 0 Å². The van der Waals surface area contributed by atoms with E-state index in [1.165, 1.54) is 6.07 Å². The minimum Gasteiger partial charge on any atom is -0.337 e. The number of fused-ring (bicyclic) bond motifs is 1. The Morgan fingerprint density at radius 1 is 1.32 bits per heavy atom. The summed E-state index contributed by atoms with van der Waals surface area (Å²) in [6, 6.07) is 7.31. The zero-order valence-corrected chi connectivity index (χ0v) is 14.9. The van der Waals surface area contributed by atoms with E-state index in [1.54, 1.807) is 18.1 Å². The molecule has 130 valence electrons. The number of amides is 1. The molecule has 6 nitrogen and oxygen atoms in total. The van der Waals surface area contributed by atoms with E-state index in [-0.39, 0.29) is 17.5 Å². The number of aryl methyl sites for hydroxylation is 1. The Morgan fingerprint density at radius 2 is 2.08 bits per heavy atom. The summed E-state index contributed by atoms with van der Waals surface area (Å²) in [6.45, 7) is 6.50. The first-order valence-electron chi connectivity index (χ1n) is 8.27. The fourth-order valence-corrected chi connectivity index (χ4v) is 2.84. The molecule has 0 spiro atoms. The summed E-state index contributed by atoms with van der Waals surface area (Å²) in [4.78, 5) is 29.2. The molecule has 6 heteroatoms. The number of carbonyl (C=O) groups excluding carboxylic acids is 1. The lowest BCUT2D eigenvalue weighted by Gasteiger charge is -2.17. The van der Waals surface area contributed by atoms with Crippen LogP contribution in [-0.2, 0) is 6.54 Å². The van der Waals surface area contributed by atoms with Gasteiger partial charge in [-0.15, -0.1) is 0 Å². The molecule has 0 radical (unpaired) electrons. The molecule has 0 aliphatic carbocycles. The van der Waals surface area contributed by atoms with E-state index in [9.17, 15) is 9.59 Å². The van der Waals surface area contributed by atoms with Gasteiger partial charge in [-0.2, -0.15) is 5.10 Å². The van der Waals surface area contributed by atoms with Crippen LogP contribution in [0.25, 0.3) is 10.9 Å². The Hall–Kier alpha value is -2.89. The third-order valence-electron chi connectivity index (χ3n) is 4.18. The second-order valence-electron chi connectivity index (χ2n) is 6.68. The summed E-state index contributed by atoms with van der Waals surface area (Å²) >= 11 is 0. The molecule has 0 bridgehead atoms. The average Bonchev–Trinajstić information content (AvgIpc) is 3.02. The molecule has 3 aromatic rings. The molecule has 0 unspecified atom stereocenters. The van der Waals surface area contributed by atoms with Gasteiger partial charge < -0.3 is 9.88 Å². The minimum atomic E-state index is -0.277. The lowest BCUT2D eigenvalue weighted by Crippen LogP contribution is -2.27. The van der Waals surface area contributed by atoms with Crippen LogP contribution in [0.15, 0.2) is 41.5 Å². The SMILES string of the molecule is Cc1ccc2[nH]c(=O)cc(C(=O)N(C)Cc3cnn(C(C)C)c3)c2c1. The Balaban J connectivity index is 1.92. The van der Waals surface area contributed by atoms with Gasteiger partial charge in [-0.3, -0.25) is 14.3 Å². The molecule has 25 heavy (non-hydrogen) atoms. The number of aromatic amines is 1. The van der Waals surface area contributed by atoms with Crippen molar-refractivity contribution in [2.24, 2.45) is 0 Å². The average molecular weight is 338 g/mol. The summed E-state index contributed by atoms with van der Waals surface area (Å²) in [5.74, 6) is -0.181. The topological polar surface area (TPSA) is 71.0 Å². The number of hydrogen-bond donors (Lipinski definition) is 1. The first kappa shape index (κ1) is 17.0. The molecule has 0 atom stereocenters. The number of H-pyrrole nitrogens is 1. The summed E-state index contributed by atoms with van der Waals surface area (Å²) < 4.78 is 1.86. The number of nitrogens with zero attached hydrogens (tertiary/aromatic N) is 3. The van der Waals surface area contributed by atoms with E-state index >= 15 is 0 Å². The van der Waals surface area contributed by atoms with Crippen LogP contribution < -0.4 is 5.56 Å². The van der Waals surface area contributed by atoms with Crippen LogP contribution in [0.2, 0.25) is 0 Å². The smallest absolute Gasteiger partial charge is 0.254 e. The molecule has 2 aromatic heterocycles. The third-order valence-corrected chi connectivity index (χ3v) is 4.18. The number of benzene rings is 1. The summed E-state index contributed by atoms with van der Waals surface area (Å²) in [7, 11) is 1.73. The zero-order valence-electron chi connectivity index (χ0n) is 14.9. The number of nitrogens with one attached hydrogen (secondary N) is 1. The number of rotatable bonds is 4. The number of aromatic nitrogens is 3. The predicted molar refractivity (Wildman–Crippen MR) is 97.7 cm³/mol. The molecule has 0 aliphatic rings. The van der Waals surface area contributed by atoms with Crippen molar-refractivity contribution in [2.45, 2.75) is 33.4 Å². The van der Waals surface area contributed by atoms with Gasteiger partial charge in [-0.1, -0.05) is 11.6 Å². The Labute approximate surface area is 146 Å². The molecular weight excluding hydrogens is 316 g/mol. The summed E-state index contributed by atoms with van der Waals surface area (Å²) in [5.41, 5.74) is 2.80. The summed E-state index contributed by atoms with van der Waals surface area (Å²) in [5, 5.41) is 5.06. The molecule has 0 saturated carbocycles. The molecule has 1 amide bonds. The Bertz CT molecular complexity index is 984. The highest BCUT2D eigenvalue weighted by Crippen LogP contribution is 2.19. The maximum atomic E-state index is 12.9. The molecule has 0 fully saturated rings. The first-order chi connectivity index (χ1) is 11.8. The van der Waals surface area contributed by atoms with E-state index in [1.807, 2.05) is 36.0 Å². The minimum absolute atomic E-state index is 0.181. The van der Waals surface area contributed by atoms with Crippen molar-refractivity contribution >= 4 is 16.8 Å². The van der Waals surface area contributed by atoms with Gasteiger partial charge in [0.15, 0.2) is 0 Å². The molecule has 1 N–H and O–H groups in total. The maximum absolute atomic E-state index is 12.9. The van der Waals surface area contributed by atoms with Crippen molar-refractivity contribution in [3.05, 3.63) is 63.7 Å². The highest BCUT2D eigenvalue weighted by atomic mass is 16.2. The van der Waals surface area contributed by atoms with E-state index in [0.717, 1.165) is 16.5 Å². The van der Waals surface area contributed by atoms with E-state index in [4.69, 9.17) is 0 Å². The van der Waals surface area contributed by atoms with Crippen molar-refractivity contribution in [1.29, 1.82) is 0 Å². The predicted octanol–water partition coefficient (Wildman–Crippen LogP) is 2.89. The Morgan fingerprint density at radius 3 is 2.76 bits per heavy atom. The lowest BCUT2D eigenvalue weighted by molar-refractivity contribution is 0.0787. The van der Waals surface area contributed by atoms with E-state index in [2.05, 4.69) is 23.9 Å². The highest BCUT2D eigenvalue weighted by Gasteiger charge is 2.17. The van der Waals surface area contributed by atoms with Gasteiger partial charge in [0, 0.05) is 48.4 Å². The molecule has 3 rings (SSSR count). The van der Waals surface area contributed by atoms with Crippen molar-refractivity contribution in [3.8, 4) is 0 Å². The van der Waals surface area contributed by atoms with Gasteiger partial charge in [-0.05, 0) is 32.9 Å². The molecule has 1 aromatic carbocycles. The fraction of sp³-hybridized carbons (Fsp3) is 0.316. The van der Waals surface area contributed by atoms with Crippen LogP contribution in [0.3, 0.4) is 0 Å². The van der Waals surface area contributed by atoms with Gasteiger partial charge in [0.05, 0.1) is 11.8 Å². The lowest BCUT2D eigenvalue weighted by atomic mass is 10.1. The van der Waals surface area contributed by atoms with Crippen LogP contribution in [-0.4, -0.2) is 32.6 Å². The second kappa shape index (κ2) is 6.55. The number of carbonyl (C=O) groups is 1. The van der Waals surface area contributed by atoms with Crippen molar-refractivity contribution < 1.29 is 4.79 Å². The standard InChI is InChI=1S/C19H22N4O2/c1-12(2)23-11-14(9-20-23)10-22(4)19(25)16-8-18(24)21-17-6-5-13(3)7-15(16)17/h5-9,11-12H,10H2,1-4H3,(H,21,24). The molecule has 2 heterocycles. The normalized spacial score (nSPS) is 11.2. The van der Waals surface area contributed by atoms with Crippen molar-refractivity contribution in [1.82, 2.24) is 19.7 Å². The van der Waals surface area contributed by atoms with Crippen LogP contribution >= 0.6 is 0 Å². The number of hydrogen-bond acceptors (Lipinski definition) is 3. The van der Waals surface area contributed by atoms with Gasteiger partial charge in [0.2, 0.25) is 5.56 Å². The van der Waals surface area contributed by atoms with Crippen LogP contribution in [0, 0.1) is 6.92 Å². The fourth-order valence-electron chi connectivity index (χ4n) is 2.84. The van der Waals surface area contributed by atoms with Gasteiger partial charge in [0.1, 0.15) is 0 Å². The zero-order chi connectivity index (χ0) is 18.1. The maximum Gasteiger partial charge on any atom is 0.254 e. The quantitative estimate of drug-likeness (QED) is 0.795. The largest absolute Gasteiger partial charge is 0.337 e. The molecule has 0 aliphatic heterocycles. The van der Waals surface area contributed by atoms with E-state index < -0.39 is 0 Å². The summed E-state index contributed by atoms with van der Waals surface area (Å²) in [6.07, 6.45) is 3.71. The van der Waals surface area contributed by atoms with Crippen molar-refractivity contribution in [2.75, 3.05) is 7.05 Å². The molecule has 0 saturated heterocycles. The van der Waals surface area contributed by atoms with Crippen LogP contribution in [0.5, 0.6) is 0 Å². The van der Waals surface area contributed by atoms with Crippen molar-refractivity contribution in [3.63, 3.8) is 0 Å². The van der Waals surface area contributed by atoms with Gasteiger partial charge in [-0.25, -0.2) is 0 Å². The Kier molecular flexibility index (Phi) is 4.44. The monoisotopic (exact) mass is 338 g/mol. The first-order valence-corrected chi connectivity index (χ1v) is 8.27. The van der Waals surface area contributed by atoms with Crippen LogP contribution in [0.1, 0.15) is 41.4 Å². The molecular formula is C19H22N4O2.